The van der Waals surface area contributed by atoms with E-state index in [4.69, 9.17) is 0 Å². The van der Waals surface area contributed by atoms with Crippen molar-refractivity contribution >= 4 is 44.9 Å². The summed E-state index contributed by atoms with van der Waals surface area (Å²) >= 11 is 1.67. The number of aromatic amines is 2. The molecule has 0 spiro atoms. The van der Waals surface area contributed by atoms with E-state index in [0.717, 1.165) is 49.4 Å². The van der Waals surface area contributed by atoms with Gasteiger partial charge >= 0.3 is 0 Å². The highest BCUT2D eigenvalue weighted by molar-refractivity contribution is 7.13. The van der Waals surface area contributed by atoms with Gasteiger partial charge in [0.15, 0.2) is 5.65 Å². The Bertz CT molecular complexity index is 1700. The lowest BCUT2D eigenvalue weighted by molar-refractivity contribution is -0.116. The SMILES string of the molecule is CC(C)CC(=O)Nc1cncc(-c2cnc3n[nH]c(-c4cc5c(-c6cccs6)nccc5[nH]4)c3c2)c1. The van der Waals surface area contributed by atoms with Gasteiger partial charge in [0, 0.05) is 52.4 Å². The molecule has 9 heteroatoms. The first-order valence-electron chi connectivity index (χ1n) is 11.7. The summed E-state index contributed by atoms with van der Waals surface area (Å²) in [4.78, 5) is 30.4. The van der Waals surface area contributed by atoms with Gasteiger partial charge in [-0.1, -0.05) is 19.9 Å². The fourth-order valence-electron chi connectivity index (χ4n) is 4.31. The number of aromatic nitrogens is 6. The zero-order chi connectivity index (χ0) is 24.6. The number of hydrogen-bond acceptors (Lipinski definition) is 6. The summed E-state index contributed by atoms with van der Waals surface area (Å²) < 4.78 is 0. The van der Waals surface area contributed by atoms with Gasteiger partial charge in [0.05, 0.1) is 33.8 Å². The zero-order valence-corrected chi connectivity index (χ0v) is 20.6. The van der Waals surface area contributed by atoms with Crippen LogP contribution in [0.2, 0.25) is 0 Å². The molecule has 0 aromatic carbocycles. The number of thiophene rings is 1. The standard InChI is InChI=1S/C27H23N7OS/c1-15(2)8-24(35)31-18-9-16(12-28-14-18)17-10-20-25(33-34-27(20)30-13-17)22-11-19-21(32-22)5-6-29-26(19)23-4-3-7-36-23/h3-7,9-15,32H,8H2,1-2H3,(H,31,35)(H,30,33,34). The van der Waals surface area contributed by atoms with E-state index in [-0.39, 0.29) is 11.8 Å². The quantitative estimate of drug-likeness (QED) is 0.253. The molecule has 0 aliphatic carbocycles. The molecule has 0 radical (unpaired) electrons. The molecule has 6 aromatic heterocycles. The Labute approximate surface area is 210 Å². The molecule has 1 amide bonds. The van der Waals surface area contributed by atoms with Crippen LogP contribution in [0.15, 0.2) is 66.6 Å². The molecule has 3 N–H and O–H groups in total. The Morgan fingerprint density at radius 2 is 1.94 bits per heavy atom. The fraction of sp³-hybridized carbons (Fsp3) is 0.148. The third-order valence-corrected chi connectivity index (χ3v) is 6.81. The number of nitrogens with one attached hydrogen (secondary N) is 3. The fourth-order valence-corrected chi connectivity index (χ4v) is 5.05. The Balaban J connectivity index is 1.38. The van der Waals surface area contributed by atoms with Gasteiger partial charge in [-0.15, -0.1) is 11.3 Å². The van der Waals surface area contributed by atoms with Crippen LogP contribution < -0.4 is 5.32 Å². The lowest BCUT2D eigenvalue weighted by atomic mass is 10.1. The van der Waals surface area contributed by atoms with Gasteiger partial charge < -0.3 is 10.3 Å². The van der Waals surface area contributed by atoms with Crippen molar-refractivity contribution in [2.75, 3.05) is 5.32 Å². The van der Waals surface area contributed by atoms with Gasteiger partial charge in [-0.05, 0) is 41.6 Å². The maximum atomic E-state index is 12.2. The molecule has 6 rings (SSSR count). The molecular weight excluding hydrogens is 470 g/mol. The van der Waals surface area contributed by atoms with Crippen LogP contribution in [0.1, 0.15) is 20.3 Å². The number of H-pyrrole nitrogens is 2. The summed E-state index contributed by atoms with van der Waals surface area (Å²) in [5.74, 6) is 0.263. The van der Waals surface area contributed by atoms with Crippen molar-refractivity contribution < 1.29 is 4.79 Å². The van der Waals surface area contributed by atoms with Crippen LogP contribution in [-0.4, -0.2) is 36.0 Å². The van der Waals surface area contributed by atoms with E-state index in [1.807, 2.05) is 44.3 Å². The van der Waals surface area contributed by atoms with Crippen LogP contribution in [0.25, 0.3) is 55.0 Å². The van der Waals surface area contributed by atoms with E-state index in [1.54, 1.807) is 29.9 Å². The first-order valence-corrected chi connectivity index (χ1v) is 12.5. The molecule has 0 saturated heterocycles. The van der Waals surface area contributed by atoms with Crippen molar-refractivity contribution in [1.82, 2.24) is 30.1 Å². The third kappa shape index (κ3) is 4.14. The second-order valence-electron chi connectivity index (χ2n) is 9.08. The number of fused-ring (bicyclic) bond motifs is 2. The topological polar surface area (TPSA) is 112 Å². The summed E-state index contributed by atoms with van der Waals surface area (Å²) in [5.41, 5.74) is 6.74. The summed E-state index contributed by atoms with van der Waals surface area (Å²) in [6, 6.07) is 12.1. The van der Waals surface area contributed by atoms with Crippen molar-refractivity contribution in [2.45, 2.75) is 20.3 Å². The van der Waals surface area contributed by atoms with E-state index < -0.39 is 0 Å². The number of carbonyl (C=O) groups excluding carboxylic acids is 1. The number of carbonyl (C=O) groups is 1. The Morgan fingerprint density at radius 1 is 1.06 bits per heavy atom. The molecule has 6 aromatic rings. The van der Waals surface area contributed by atoms with E-state index in [2.05, 4.69) is 53.0 Å². The minimum Gasteiger partial charge on any atom is -0.353 e. The maximum Gasteiger partial charge on any atom is 0.224 e. The molecule has 0 saturated carbocycles. The molecule has 0 atom stereocenters. The van der Waals surface area contributed by atoms with Gasteiger partial charge in [0.2, 0.25) is 5.91 Å². The minimum absolute atomic E-state index is 0.0233. The van der Waals surface area contributed by atoms with Crippen molar-refractivity contribution in [1.29, 1.82) is 0 Å². The Kier molecular flexibility index (Phi) is 5.54. The second-order valence-corrected chi connectivity index (χ2v) is 10.0. The van der Waals surface area contributed by atoms with Gasteiger partial charge in [-0.25, -0.2) is 4.98 Å². The average molecular weight is 494 g/mol. The van der Waals surface area contributed by atoms with Crippen molar-refractivity contribution in [3.63, 3.8) is 0 Å². The molecule has 0 fully saturated rings. The number of hydrogen-bond donors (Lipinski definition) is 3. The third-order valence-electron chi connectivity index (χ3n) is 5.93. The van der Waals surface area contributed by atoms with Crippen molar-refractivity contribution in [3.05, 3.63) is 66.6 Å². The van der Waals surface area contributed by atoms with E-state index >= 15 is 0 Å². The maximum absolute atomic E-state index is 12.2. The van der Waals surface area contributed by atoms with Crippen LogP contribution in [0.5, 0.6) is 0 Å². The van der Waals surface area contributed by atoms with E-state index in [0.29, 0.717) is 17.8 Å². The highest BCUT2D eigenvalue weighted by Gasteiger charge is 2.16. The van der Waals surface area contributed by atoms with Crippen molar-refractivity contribution in [2.24, 2.45) is 5.92 Å². The largest absolute Gasteiger partial charge is 0.353 e. The van der Waals surface area contributed by atoms with Crippen LogP contribution in [-0.2, 0) is 4.79 Å². The summed E-state index contributed by atoms with van der Waals surface area (Å²) in [6.45, 7) is 4.04. The van der Waals surface area contributed by atoms with Crippen LogP contribution in [0.4, 0.5) is 5.69 Å². The normalized spacial score (nSPS) is 11.5. The molecule has 0 aliphatic heterocycles. The molecule has 0 aliphatic rings. The summed E-state index contributed by atoms with van der Waals surface area (Å²) in [6.07, 6.45) is 7.48. The first-order chi connectivity index (χ1) is 17.5. The van der Waals surface area contributed by atoms with Gasteiger partial charge in [0.1, 0.15) is 0 Å². The number of rotatable bonds is 6. The van der Waals surface area contributed by atoms with Crippen molar-refractivity contribution in [3.8, 4) is 33.1 Å². The van der Waals surface area contributed by atoms with Gasteiger partial charge in [0.25, 0.3) is 0 Å². The highest BCUT2D eigenvalue weighted by atomic mass is 32.1. The smallest absolute Gasteiger partial charge is 0.224 e. The molecule has 178 valence electrons. The van der Waals surface area contributed by atoms with Gasteiger partial charge in [-0.3, -0.25) is 19.9 Å². The number of amides is 1. The van der Waals surface area contributed by atoms with Gasteiger partial charge in [-0.2, -0.15) is 5.10 Å². The predicted octanol–water partition coefficient (Wildman–Crippen LogP) is 6.28. The lowest BCUT2D eigenvalue weighted by Gasteiger charge is -2.08. The van der Waals surface area contributed by atoms with Crippen LogP contribution in [0, 0.1) is 5.92 Å². The molecule has 0 bridgehead atoms. The summed E-state index contributed by atoms with van der Waals surface area (Å²) in [5, 5.41) is 14.5. The van der Waals surface area contributed by atoms with Crippen LogP contribution in [0.3, 0.4) is 0 Å². The number of anilines is 1. The zero-order valence-electron chi connectivity index (χ0n) is 19.7. The molecular formula is C27H23N7OS. The van der Waals surface area contributed by atoms with E-state index in [1.165, 1.54) is 0 Å². The Hall–Kier alpha value is -4.37. The molecule has 6 heterocycles. The summed E-state index contributed by atoms with van der Waals surface area (Å²) in [7, 11) is 0. The van der Waals surface area contributed by atoms with E-state index in [9.17, 15) is 4.79 Å². The number of nitrogens with zero attached hydrogens (tertiary/aromatic N) is 4. The molecule has 8 nitrogen and oxygen atoms in total. The van der Waals surface area contributed by atoms with Crippen LogP contribution >= 0.6 is 11.3 Å². The molecule has 36 heavy (non-hydrogen) atoms. The minimum atomic E-state index is -0.0233. The molecule has 0 unspecified atom stereocenters. The lowest BCUT2D eigenvalue weighted by Crippen LogP contribution is -2.13. The first kappa shape index (κ1) is 22.1. The second kappa shape index (κ2) is 9.01. The average Bonchev–Trinajstić information content (AvgIpc) is 3.62. The monoisotopic (exact) mass is 493 g/mol. The highest BCUT2D eigenvalue weighted by Crippen LogP contribution is 2.35. The Morgan fingerprint density at radius 3 is 2.78 bits per heavy atom. The number of pyridine rings is 3. The predicted molar refractivity (Wildman–Crippen MR) is 144 cm³/mol.